The molecule has 0 radical (unpaired) electrons. The van der Waals surface area contributed by atoms with Crippen molar-refractivity contribution in [1.82, 2.24) is 5.32 Å². The summed E-state index contributed by atoms with van der Waals surface area (Å²) in [5.41, 5.74) is 0.587. The van der Waals surface area contributed by atoms with Crippen LogP contribution in [-0.4, -0.2) is 12.1 Å². The van der Waals surface area contributed by atoms with Gasteiger partial charge in [-0.05, 0) is 32.2 Å². The average Bonchev–Trinajstić information content (AvgIpc) is 2.98. The predicted molar refractivity (Wildman–Crippen MR) is 63.6 cm³/mol. The first kappa shape index (κ1) is 12.0. The van der Waals surface area contributed by atoms with Gasteiger partial charge in [-0.25, -0.2) is 0 Å². The lowest BCUT2D eigenvalue weighted by Gasteiger charge is -2.14. The zero-order chi connectivity index (χ0) is 10.3. The Morgan fingerprint density at radius 1 is 0.929 bits per heavy atom. The highest BCUT2D eigenvalue weighted by Crippen LogP contribution is 2.38. The van der Waals surface area contributed by atoms with Crippen LogP contribution in [0.2, 0.25) is 0 Å². The molecule has 1 saturated carbocycles. The molecule has 84 valence electrons. The van der Waals surface area contributed by atoms with Gasteiger partial charge in [-0.2, -0.15) is 0 Å². The summed E-state index contributed by atoms with van der Waals surface area (Å²) in [6.07, 6.45) is 12.6. The molecule has 0 aromatic heterocycles. The molecule has 1 aliphatic rings. The molecule has 1 heteroatoms. The topological polar surface area (TPSA) is 12.0 Å². The lowest BCUT2D eigenvalue weighted by Crippen LogP contribution is -2.31. The van der Waals surface area contributed by atoms with E-state index < -0.39 is 0 Å². The van der Waals surface area contributed by atoms with Crippen molar-refractivity contribution in [1.29, 1.82) is 0 Å². The lowest BCUT2D eigenvalue weighted by atomic mass is 10.1. The fraction of sp³-hybridized carbons (Fsp3) is 1.00. The van der Waals surface area contributed by atoms with Gasteiger partial charge in [0, 0.05) is 5.54 Å². The van der Waals surface area contributed by atoms with Crippen LogP contribution in [-0.2, 0) is 0 Å². The molecule has 14 heavy (non-hydrogen) atoms. The monoisotopic (exact) mass is 197 g/mol. The minimum atomic E-state index is 0.587. The van der Waals surface area contributed by atoms with E-state index in [9.17, 15) is 0 Å². The maximum Gasteiger partial charge on any atom is 0.0180 e. The molecular formula is C13H27N. The fourth-order valence-corrected chi connectivity index (χ4v) is 2.07. The quantitative estimate of drug-likeness (QED) is 0.553. The van der Waals surface area contributed by atoms with Crippen LogP contribution in [0.4, 0.5) is 0 Å². The van der Waals surface area contributed by atoms with Crippen LogP contribution in [0.3, 0.4) is 0 Å². The Balaban J connectivity index is 1.80. The Hall–Kier alpha value is -0.0400. The van der Waals surface area contributed by atoms with Gasteiger partial charge in [0.05, 0.1) is 0 Å². The average molecular weight is 197 g/mol. The summed E-state index contributed by atoms with van der Waals surface area (Å²) in [5.74, 6) is 0. The summed E-state index contributed by atoms with van der Waals surface area (Å²) in [7, 11) is 0. The van der Waals surface area contributed by atoms with E-state index in [4.69, 9.17) is 0 Å². The molecule has 1 aliphatic carbocycles. The van der Waals surface area contributed by atoms with Crippen molar-refractivity contribution in [2.75, 3.05) is 6.54 Å². The summed E-state index contributed by atoms with van der Waals surface area (Å²) in [5, 5.41) is 3.71. The SMILES string of the molecule is CCCCCCCCNC1(CC)CC1. The Morgan fingerprint density at radius 3 is 2.14 bits per heavy atom. The van der Waals surface area contributed by atoms with E-state index in [-0.39, 0.29) is 0 Å². The molecule has 0 atom stereocenters. The molecule has 1 N–H and O–H groups in total. The Morgan fingerprint density at radius 2 is 1.57 bits per heavy atom. The molecule has 1 nitrogen and oxygen atoms in total. The van der Waals surface area contributed by atoms with Crippen molar-refractivity contribution >= 4 is 0 Å². The Kier molecular flexibility index (Phi) is 5.54. The van der Waals surface area contributed by atoms with Crippen molar-refractivity contribution in [2.24, 2.45) is 0 Å². The third-order valence-electron chi connectivity index (χ3n) is 3.56. The molecular weight excluding hydrogens is 170 g/mol. The third-order valence-corrected chi connectivity index (χ3v) is 3.56. The van der Waals surface area contributed by atoms with Gasteiger partial charge in [-0.15, -0.1) is 0 Å². The van der Waals surface area contributed by atoms with Gasteiger partial charge < -0.3 is 5.32 Å². The second-order valence-corrected chi connectivity index (χ2v) is 4.83. The molecule has 0 saturated heterocycles. The minimum absolute atomic E-state index is 0.587. The van der Waals surface area contributed by atoms with Crippen molar-refractivity contribution in [2.45, 2.75) is 77.2 Å². The number of nitrogens with one attached hydrogen (secondary N) is 1. The highest BCUT2D eigenvalue weighted by Gasteiger charge is 2.39. The van der Waals surface area contributed by atoms with E-state index in [1.165, 1.54) is 64.3 Å². The van der Waals surface area contributed by atoms with Gasteiger partial charge in [0.15, 0.2) is 0 Å². The molecule has 0 aliphatic heterocycles. The van der Waals surface area contributed by atoms with E-state index >= 15 is 0 Å². The van der Waals surface area contributed by atoms with Gasteiger partial charge in [0.25, 0.3) is 0 Å². The molecule has 0 amide bonds. The first-order valence-corrected chi connectivity index (χ1v) is 6.58. The maximum absolute atomic E-state index is 3.71. The van der Waals surface area contributed by atoms with Gasteiger partial charge in [-0.1, -0.05) is 46.0 Å². The smallest absolute Gasteiger partial charge is 0.0180 e. The molecule has 1 fully saturated rings. The normalized spacial score (nSPS) is 18.4. The fourth-order valence-electron chi connectivity index (χ4n) is 2.07. The van der Waals surface area contributed by atoms with Crippen LogP contribution >= 0.6 is 0 Å². The predicted octanol–water partition coefficient (Wildman–Crippen LogP) is 3.88. The lowest BCUT2D eigenvalue weighted by molar-refractivity contribution is 0.465. The first-order valence-electron chi connectivity index (χ1n) is 6.58. The van der Waals surface area contributed by atoms with Crippen LogP contribution in [0.15, 0.2) is 0 Å². The van der Waals surface area contributed by atoms with E-state index in [2.05, 4.69) is 19.2 Å². The summed E-state index contributed by atoms with van der Waals surface area (Å²) in [6.45, 7) is 5.83. The molecule has 0 spiro atoms. The second kappa shape index (κ2) is 6.44. The summed E-state index contributed by atoms with van der Waals surface area (Å²) < 4.78 is 0. The van der Waals surface area contributed by atoms with E-state index in [0.717, 1.165) is 0 Å². The van der Waals surface area contributed by atoms with Crippen molar-refractivity contribution in [3.63, 3.8) is 0 Å². The molecule has 0 aromatic rings. The van der Waals surface area contributed by atoms with Gasteiger partial charge in [0.2, 0.25) is 0 Å². The van der Waals surface area contributed by atoms with Crippen LogP contribution < -0.4 is 5.32 Å². The highest BCUT2D eigenvalue weighted by atomic mass is 15.0. The number of rotatable bonds is 9. The molecule has 0 bridgehead atoms. The van der Waals surface area contributed by atoms with Crippen molar-refractivity contribution in [3.05, 3.63) is 0 Å². The molecule has 0 unspecified atom stereocenters. The van der Waals surface area contributed by atoms with E-state index in [1.54, 1.807) is 0 Å². The van der Waals surface area contributed by atoms with Crippen LogP contribution in [0, 0.1) is 0 Å². The Labute approximate surface area is 89.7 Å². The van der Waals surface area contributed by atoms with Crippen molar-refractivity contribution < 1.29 is 0 Å². The van der Waals surface area contributed by atoms with Gasteiger partial charge in [0.1, 0.15) is 0 Å². The first-order chi connectivity index (χ1) is 6.83. The summed E-state index contributed by atoms with van der Waals surface area (Å²) in [6, 6.07) is 0. The number of hydrogen-bond donors (Lipinski definition) is 1. The third kappa shape index (κ3) is 4.45. The summed E-state index contributed by atoms with van der Waals surface area (Å²) >= 11 is 0. The van der Waals surface area contributed by atoms with Gasteiger partial charge >= 0.3 is 0 Å². The maximum atomic E-state index is 3.71. The molecule has 0 aromatic carbocycles. The zero-order valence-corrected chi connectivity index (χ0v) is 10.1. The van der Waals surface area contributed by atoms with Crippen LogP contribution in [0.1, 0.15) is 71.6 Å². The minimum Gasteiger partial charge on any atom is -0.311 e. The second-order valence-electron chi connectivity index (χ2n) is 4.83. The summed E-state index contributed by atoms with van der Waals surface area (Å²) in [4.78, 5) is 0. The number of hydrogen-bond acceptors (Lipinski definition) is 1. The zero-order valence-electron chi connectivity index (χ0n) is 10.1. The Bertz CT molecular complexity index is 138. The van der Waals surface area contributed by atoms with E-state index in [1.807, 2.05) is 0 Å². The standard InChI is InChI=1S/C13H27N/c1-3-5-6-7-8-9-12-14-13(4-2)10-11-13/h14H,3-12H2,1-2H3. The van der Waals surface area contributed by atoms with Crippen molar-refractivity contribution in [3.8, 4) is 0 Å². The largest absolute Gasteiger partial charge is 0.311 e. The van der Waals surface area contributed by atoms with Crippen LogP contribution in [0.5, 0.6) is 0 Å². The number of unbranched alkanes of at least 4 members (excludes halogenated alkanes) is 5. The van der Waals surface area contributed by atoms with Gasteiger partial charge in [-0.3, -0.25) is 0 Å². The van der Waals surface area contributed by atoms with E-state index in [0.29, 0.717) is 5.54 Å². The molecule has 1 rings (SSSR count). The van der Waals surface area contributed by atoms with Crippen LogP contribution in [0.25, 0.3) is 0 Å². The molecule has 0 heterocycles. The highest BCUT2D eigenvalue weighted by molar-refractivity contribution is 5.00.